The second kappa shape index (κ2) is 7.22. The van der Waals surface area contributed by atoms with Crippen LogP contribution in [0.25, 0.3) is 10.6 Å². The number of hydrogen-bond acceptors (Lipinski definition) is 6. The minimum Gasteiger partial charge on any atom is -0.459 e. The summed E-state index contributed by atoms with van der Waals surface area (Å²) in [6, 6.07) is 8.55. The second-order valence-electron chi connectivity index (χ2n) is 5.22. The van der Waals surface area contributed by atoms with Gasteiger partial charge in [0.2, 0.25) is 0 Å². The number of imide groups is 1. The summed E-state index contributed by atoms with van der Waals surface area (Å²) < 4.78 is 5.16. The van der Waals surface area contributed by atoms with E-state index in [1.807, 2.05) is 35.7 Å². The van der Waals surface area contributed by atoms with E-state index >= 15 is 0 Å². The van der Waals surface area contributed by atoms with E-state index in [1.54, 1.807) is 0 Å². The lowest BCUT2D eigenvalue weighted by atomic mass is 10.1. The van der Waals surface area contributed by atoms with Crippen LogP contribution in [0.2, 0.25) is 0 Å². The van der Waals surface area contributed by atoms with Gasteiger partial charge in [-0.3, -0.25) is 14.9 Å². The van der Waals surface area contributed by atoms with E-state index in [1.165, 1.54) is 11.3 Å². The Morgan fingerprint density at radius 2 is 2.04 bits per heavy atom. The van der Waals surface area contributed by atoms with Crippen molar-refractivity contribution in [3.63, 3.8) is 0 Å². The first kappa shape index (κ1) is 16.1. The highest BCUT2D eigenvalue weighted by molar-refractivity contribution is 7.13. The summed E-state index contributed by atoms with van der Waals surface area (Å²) in [6.45, 7) is 0.0887. The van der Waals surface area contributed by atoms with Crippen LogP contribution in [0.4, 0.5) is 4.79 Å². The fourth-order valence-corrected chi connectivity index (χ4v) is 3.05. The van der Waals surface area contributed by atoms with Gasteiger partial charge in [-0.2, -0.15) is 0 Å². The maximum absolute atomic E-state index is 11.7. The number of carbonyl (C=O) groups excluding carboxylic acids is 3. The number of amides is 3. The lowest BCUT2D eigenvalue weighted by Gasteiger charge is -2.06. The first-order chi connectivity index (χ1) is 11.6. The number of thiazole rings is 1. The first-order valence-electron chi connectivity index (χ1n) is 7.38. The molecule has 3 amide bonds. The summed E-state index contributed by atoms with van der Waals surface area (Å²) in [7, 11) is 0. The summed E-state index contributed by atoms with van der Waals surface area (Å²) in [6.07, 6.45) is 0.261. The van der Waals surface area contributed by atoms with Crippen molar-refractivity contribution in [2.24, 2.45) is 0 Å². The third-order valence-electron chi connectivity index (χ3n) is 3.45. The molecule has 1 aliphatic heterocycles. The summed E-state index contributed by atoms with van der Waals surface area (Å²) >= 11 is 1.49. The lowest BCUT2D eigenvalue weighted by molar-refractivity contribution is -0.145. The number of hydrogen-bond donors (Lipinski definition) is 2. The molecular weight excluding hydrogens is 330 g/mol. The Kier molecular flexibility index (Phi) is 4.85. The fraction of sp³-hybridized carbons (Fsp3) is 0.250. The van der Waals surface area contributed by atoms with Crippen molar-refractivity contribution in [2.75, 3.05) is 0 Å². The number of nitrogens with zero attached hydrogens (tertiary/aromatic N) is 1. The molecule has 3 rings (SSSR count). The van der Waals surface area contributed by atoms with Gasteiger partial charge in [-0.25, -0.2) is 9.78 Å². The van der Waals surface area contributed by atoms with Crippen molar-refractivity contribution >= 4 is 29.2 Å². The Morgan fingerprint density at radius 1 is 1.25 bits per heavy atom. The molecule has 124 valence electrons. The number of esters is 1. The van der Waals surface area contributed by atoms with Gasteiger partial charge < -0.3 is 10.1 Å². The third-order valence-corrected chi connectivity index (χ3v) is 4.39. The van der Waals surface area contributed by atoms with Crippen LogP contribution in [0.5, 0.6) is 0 Å². The Balaban J connectivity index is 1.46. The Hall–Kier alpha value is -2.74. The van der Waals surface area contributed by atoms with E-state index in [0.29, 0.717) is 5.69 Å². The Labute approximate surface area is 142 Å². The molecule has 1 saturated heterocycles. The average molecular weight is 345 g/mol. The van der Waals surface area contributed by atoms with E-state index in [9.17, 15) is 14.4 Å². The van der Waals surface area contributed by atoms with Gasteiger partial charge in [0.25, 0.3) is 5.91 Å². The predicted octanol–water partition coefficient (Wildman–Crippen LogP) is 1.84. The molecule has 1 atom stereocenters. The molecule has 1 aromatic heterocycles. The second-order valence-corrected chi connectivity index (χ2v) is 6.08. The molecule has 0 bridgehead atoms. The summed E-state index contributed by atoms with van der Waals surface area (Å²) in [5, 5.41) is 7.27. The molecule has 2 N–H and O–H groups in total. The first-order valence-corrected chi connectivity index (χ1v) is 8.26. The maximum Gasteiger partial charge on any atom is 0.322 e. The van der Waals surface area contributed by atoms with Crippen molar-refractivity contribution in [2.45, 2.75) is 25.5 Å². The number of aromatic nitrogens is 1. The van der Waals surface area contributed by atoms with Crippen LogP contribution in [0.1, 0.15) is 18.5 Å². The smallest absolute Gasteiger partial charge is 0.322 e. The number of ether oxygens (including phenoxy) is 1. The van der Waals surface area contributed by atoms with Crippen molar-refractivity contribution in [1.82, 2.24) is 15.6 Å². The molecule has 1 unspecified atom stereocenters. The van der Waals surface area contributed by atoms with Gasteiger partial charge in [-0.15, -0.1) is 11.3 Å². The molecular formula is C16H15N3O4S. The van der Waals surface area contributed by atoms with Crippen LogP contribution in [0.3, 0.4) is 0 Å². The number of rotatable bonds is 6. The molecule has 0 saturated carbocycles. The van der Waals surface area contributed by atoms with Crippen LogP contribution < -0.4 is 10.6 Å². The van der Waals surface area contributed by atoms with Crippen LogP contribution >= 0.6 is 11.3 Å². The van der Waals surface area contributed by atoms with Crippen LogP contribution in [0, 0.1) is 0 Å². The molecule has 1 fully saturated rings. The van der Waals surface area contributed by atoms with Crippen molar-refractivity contribution in [3.05, 3.63) is 41.4 Å². The number of benzene rings is 1. The van der Waals surface area contributed by atoms with Crippen molar-refractivity contribution in [3.8, 4) is 10.6 Å². The summed E-state index contributed by atoms with van der Waals surface area (Å²) in [5.74, 6) is -0.849. The van der Waals surface area contributed by atoms with Crippen LogP contribution in [-0.4, -0.2) is 28.9 Å². The zero-order valence-electron chi connectivity index (χ0n) is 12.7. The average Bonchev–Trinajstić information content (AvgIpc) is 3.18. The molecule has 7 nitrogen and oxygen atoms in total. The molecule has 1 aliphatic rings. The predicted molar refractivity (Wildman–Crippen MR) is 87.0 cm³/mol. The Bertz CT molecular complexity index is 760. The van der Waals surface area contributed by atoms with E-state index in [0.717, 1.165) is 10.6 Å². The molecule has 0 spiro atoms. The van der Waals surface area contributed by atoms with E-state index in [-0.39, 0.29) is 19.4 Å². The SMILES string of the molecule is O=C1NC(=O)C(CCC(=O)OCc2csc(-c3ccccc3)n2)N1. The van der Waals surface area contributed by atoms with Crippen LogP contribution in [-0.2, 0) is 20.9 Å². The van der Waals surface area contributed by atoms with E-state index in [2.05, 4.69) is 15.6 Å². The molecule has 24 heavy (non-hydrogen) atoms. The topological polar surface area (TPSA) is 97.4 Å². The van der Waals surface area contributed by atoms with Gasteiger partial charge in [-0.05, 0) is 6.42 Å². The number of nitrogens with one attached hydrogen (secondary N) is 2. The minimum absolute atomic E-state index is 0.0496. The molecule has 0 aliphatic carbocycles. The quantitative estimate of drug-likeness (QED) is 0.615. The maximum atomic E-state index is 11.7. The Morgan fingerprint density at radius 3 is 2.75 bits per heavy atom. The zero-order valence-corrected chi connectivity index (χ0v) is 13.5. The molecule has 8 heteroatoms. The normalized spacial score (nSPS) is 16.6. The number of urea groups is 1. The van der Waals surface area contributed by atoms with Crippen LogP contribution in [0.15, 0.2) is 35.7 Å². The monoisotopic (exact) mass is 345 g/mol. The largest absolute Gasteiger partial charge is 0.459 e. The van der Waals surface area contributed by atoms with Gasteiger partial charge in [0.05, 0.1) is 5.69 Å². The van der Waals surface area contributed by atoms with Gasteiger partial charge in [-0.1, -0.05) is 30.3 Å². The van der Waals surface area contributed by atoms with Gasteiger partial charge in [0.1, 0.15) is 17.7 Å². The minimum atomic E-state index is -0.672. The lowest BCUT2D eigenvalue weighted by Crippen LogP contribution is -2.29. The van der Waals surface area contributed by atoms with Gasteiger partial charge in [0.15, 0.2) is 0 Å². The zero-order chi connectivity index (χ0) is 16.9. The number of carbonyl (C=O) groups is 3. The summed E-state index contributed by atoms with van der Waals surface area (Å²) in [5.41, 5.74) is 1.70. The molecule has 2 heterocycles. The molecule has 2 aromatic rings. The standard InChI is InChI=1S/C16H15N3O4S/c20-13(7-6-12-14(21)19-16(22)18-12)23-8-11-9-24-15(17-11)10-4-2-1-3-5-10/h1-5,9,12H,6-8H2,(H2,18,19,21,22). The summed E-state index contributed by atoms with van der Waals surface area (Å²) in [4.78, 5) is 38.5. The third kappa shape index (κ3) is 3.96. The molecule has 0 radical (unpaired) electrons. The highest BCUT2D eigenvalue weighted by atomic mass is 32.1. The molecule has 1 aromatic carbocycles. The van der Waals surface area contributed by atoms with Crippen molar-refractivity contribution in [1.29, 1.82) is 0 Å². The van der Waals surface area contributed by atoms with E-state index in [4.69, 9.17) is 4.74 Å². The highest BCUT2D eigenvalue weighted by Gasteiger charge is 2.29. The van der Waals surface area contributed by atoms with Gasteiger partial charge in [0, 0.05) is 17.4 Å². The fourth-order valence-electron chi connectivity index (χ4n) is 2.24. The van der Waals surface area contributed by atoms with Gasteiger partial charge >= 0.3 is 12.0 Å². The highest BCUT2D eigenvalue weighted by Crippen LogP contribution is 2.23. The van der Waals surface area contributed by atoms with E-state index < -0.39 is 23.9 Å². The van der Waals surface area contributed by atoms with Crippen molar-refractivity contribution < 1.29 is 19.1 Å².